The number of carbonyl (C=O) groups is 1. The molecule has 2 rings (SSSR count). The van der Waals surface area contributed by atoms with Crippen molar-refractivity contribution in [3.05, 3.63) is 36.2 Å². The lowest BCUT2D eigenvalue weighted by Gasteiger charge is -2.34. The molecule has 0 spiro atoms. The molecule has 0 aromatic carbocycles. The summed E-state index contributed by atoms with van der Waals surface area (Å²) in [6.45, 7) is 0.984. The Morgan fingerprint density at radius 2 is 1.90 bits per heavy atom. The smallest absolute Gasteiger partial charge is 0.448 e. The van der Waals surface area contributed by atoms with Crippen LogP contribution in [-0.4, -0.2) is 35.8 Å². The van der Waals surface area contributed by atoms with Gasteiger partial charge >= 0.3 is 12.1 Å². The van der Waals surface area contributed by atoms with E-state index in [1.807, 2.05) is 0 Å². The molecule has 1 N–H and O–H groups in total. The number of nitrogens with one attached hydrogen (secondary N) is 1. The number of nitrogens with zero attached hydrogens (tertiary/aromatic N) is 1. The molecule has 0 radical (unpaired) electrons. The minimum absolute atomic E-state index is 0.302. The average Bonchev–Trinajstić information content (AvgIpc) is 2.46. The molecule has 0 saturated carbocycles. The maximum Gasteiger partial charge on any atom is 0.490 e. The number of hydrogen-bond donors (Lipinski definition) is 1. The number of piperidine rings is 1. The summed E-state index contributed by atoms with van der Waals surface area (Å²) in [6.07, 6.45) is 1.96. The molecule has 2 heterocycles. The van der Waals surface area contributed by atoms with E-state index in [-0.39, 0.29) is 0 Å². The largest absolute Gasteiger partial charge is 0.490 e. The van der Waals surface area contributed by atoms with Gasteiger partial charge in [0.25, 0.3) is 0 Å². The van der Waals surface area contributed by atoms with Crippen LogP contribution in [0.15, 0.2) is 30.6 Å². The first kappa shape index (κ1) is 15.5. The fraction of sp³-hybridized carbons (Fsp3) is 0.429. The van der Waals surface area contributed by atoms with Gasteiger partial charge in [-0.2, -0.15) is 13.2 Å². The maximum absolute atomic E-state index is 12.4. The third-order valence-corrected chi connectivity index (χ3v) is 3.26. The fourth-order valence-electron chi connectivity index (χ4n) is 2.12. The van der Waals surface area contributed by atoms with Crippen molar-refractivity contribution in [2.75, 3.05) is 13.1 Å². The first-order valence-corrected chi connectivity index (χ1v) is 6.51. The second-order valence-electron chi connectivity index (χ2n) is 4.82. The summed E-state index contributed by atoms with van der Waals surface area (Å²) in [5, 5.41) is 3.03. The molecule has 1 aromatic heterocycles. The molecule has 0 atom stereocenters. The van der Waals surface area contributed by atoms with E-state index in [4.69, 9.17) is 4.74 Å². The van der Waals surface area contributed by atoms with Crippen LogP contribution >= 0.6 is 0 Å². The third-order valence-electron chi connectivity index (χ3n) is 3.26. The van der Waals surface area contributed by atoms with E-state index in [1.165, 1.54) is 6.08 Å². The van der Waals surface area contributed by atoms with Gasteiger partial charge in [0.05, 0.1) is 0 Å². The highest BCUT2D eigenvalue weighted by molar-refractivity contribution is 5.76. The summed E-state index contributed by atoms with van der Waals surface area (Å²) in [4.78, 5) is 15.0. The minimum atomic E-state index is -4.98. The van der Waals surface area contributed by atoms with Gasteiger partial charge in [-0.1, -0.05) is 6.08 Å². The second-order valence-corrected chi connectivity index (χ2v) is 4.82. The number of aromatic nitrogens is 1. The van der Waals surface area contributed by atoms with E-state index >= 15 is 0 Å². The lowest BCUT2D eigenvalue weighted by Crippen LogP contribution is -2.46. The van der Waals surface area contributed by atoms with E-state index in [0.29, 0.717) is 25.9 Å². The Bertz CT molecular complexity index is 509. The van der Waals surface area contributed by atoms with E-state index in [9.17, 15) is 18.0 Å². The van der Waals surface area contributed by atoms with Gasteiger partial charge in [-0.25, -0.2) is 4.79 Å². The summed E-state index contributed by atoms with van der Waals surface area (Å²) in [6, 6.07) is 3.44. The average molecular weight is 300 g/mol. The molecule has 1 aromatic rings. The Labute approximate surface area is 120 Å². The third kappa shape index (κ3) is 4.29. The van der Waals surface area contributed by atoms with Crippen molar-refractivity contribution >= 4 is 12.0 Å². The van der Waals surface area contributed by atoms with E-state index in [1.54, 1.807) is 30.6 Å². The molecule has 21 heavy (non-hydrogen) atoms. The first-order valence-electron chi connectivity index (χ1n) is 6.51. The lowest BCUT2D eigenvalue weighted by atomic mass is 9.91. The Morgan fingerprint density at radius 3 is 2.48 bits per heavy atom. The molecule has 1 saturated heterocycles. The molecule has 0 amide bonds. The molecule has 7 heteroatoms. The lowest BCUT2D eigenvalue weighted by molar-refractivity contribution is -0.211. The quantitative estimate of drug-likeness (QED) is 0.871. The van der Waals surface area contributed by atoms with Crippen molar-refractivity contribution in [1.82, 2.24) is 10.3 Å². The predicted molar refractivity (Wildman–Crippen MR) is 70.3 cm³/mol. The van der Waals surface area contributed by atoms with Gasteiger partial charge in [0.1, 0.15) is 5.60 Å². The van der Waals surface area contributed by atoms with E-state index < -0.39 is 17.7 Å². The number of ether oxygens (including phenoxy) is 1. The number of alkyl halides is 3. The van der Waals surface area contributed by atoms with Gasteiger partial charge in [0.15, 0.2) is 0 Å². The highest BCUT2D eigenvalue weighted by atomic mass is 19.4. The van der Waals surface area contributed by atoms with Crippen LogP contribution in [0.1, 0.15) is 18.4 Å². The predicted octanol–water partition coefficient (Wildman–Crippen LogP) is 2.32. The molecule has 1 aliphatic heterocycles. The fourth-order valence-corrected chi connectivity index (χ4v) is 2.12. The van der Waals surface area contributed by atoms with Crippen molar-refractivity contribution in [2.45, 2.75) is 24.6 Å². The van der Waals surface area contributed by atoms with Crippen molar-refractivity contribution in [3.8, 4) is 0 Å². The van der Waals surface area contributed by atoms with E-state index in [0.717, 1.165) is 5.56 Å². The molecule has 1 fully saturated rings. The van der Waals surface area contributed by atoms with Gasteiger partial charge in [-0.15, -0.1) is 0 Å². The number of hydrogen-bond acceptors (Lipinski definition) is 4. The zero-order chi connectivity index (χ0) is 15.3. The molecule has 114 valence electrons. The Kier molecular flexibility index (Phi) is 4.62. The zero-order valence-electron chi connectivity index (χ0n) is 11.2. The summed E-state index contributed by atoms with van der Waals surface area (Å²) in [5.74, 6) is -2.15. The Hall–Kier alpha value is -1.89. The summed E-state index contributed by atoms with van der Waals surface area (Å²) in [7, 11) is 0. The van der Waals surface area contributed by atoms with E-state index in [2.05, 4.69) is 10.3 Å². The molecule has 1 aliphatic rings. The molecular formula is C14H15F3N2O2. The highest BCUT2D eigenvalue weighted by Crippen LogP contribution is 2.29. The molecule has 0 bridgehead atoms. The SMILES string of the molecule is O=C(OC1(C=Cc2ccncc2)CCNCC1)C(F)(F)F. The van der Waals surface area contributed by atoms with Crippen molar-refractivity contribution in [2.24, 2.45) is 0 Å². The van der Waals surface area contributed by atoms with Crippen LogP contribution in [0.5, 0.6) is 0 Å². The molecule has 0 aliphatic carbocycles. The second kappa shape index (κ2) is 6.26. The first-order chi connectivity index (χ1) is 9.91. The van der Waals surface area contributed by atoms with Gasteiger partial charge < -0.3 is 10.1 Å². The van der Waals surface area contributed by atoms with Crippen molar-refractivity contribution in [1.29, 1.82) is 0 Å². The zero-order valence-corrected chi connectivity index (χ0v) is 11.2. The number of esters is 1. The summed E-state index contributed by atoms with van der Waals surface area (Å²) in [5.41, 5.74) is -0.438. The van der Waals surface area contributed by atoms with Gasteiger partial charge in [0.2, 0.25) is 0 Å². The summed E-state index contributed by atoms with van der Waals surface area (Å²) >= 11 is 0. The van der Waals surface area contributed by atoms with Crippen LogP contribution in [-0.2, 0) is 9.53 Å². The number of pyridine rings is 1. The number of carbonyl (C=O) groups excluding carboxylic acids is 1. The van der Waals surface area contributed by atoms with Crippen LogP contribution in [0.2, 0.25) is 0 Å². The monoisotopic (exact) mass is 300 g/mol. The van der Waals surface area contributed by atoms with Gasteiger partial charge in [-0.05, 0) is 36.9 Å². The van der Waals surface area contributed by atoms with Gasteiger partial charge in [0, 0.05) is 25.2 Å². The number of halogens is 3. The van der Waals surface area contributed by atoms with Crippen molar-refractivity contribution < 1.29 is 22.7 Å². The molecule has 4 nitrogen and oxygen atoms in total. The highest BCUT2D eigenvalue weighted by Gasteiger charge is 2.46. The maximum atomic E-state index is 12.4. The van der Waals surface area contributed by atoms with Crippen LogP contribution in [0.4, 0.5) is 13.2 Å². The van der Waals surface area contributed by atoms with Gasteiger partial charge in [-0.3, -0.25) is 4.98 Å². The topological polar surface area (TPSA) is 51.2 Å². The normalized spacial score (nSPS) is 18.6. The Balaban J connectivity index is 2.17. The van der Waals surface area contributed by atoms with Crippen molar-refractivity contribution in [3.63, 3.8) is 0 Å². The minimum Gasteiger partial charge on any atom is -0.448 e. The van der Waals surface area contributed by atoms with Crippen LogP contribution in [0.3, 0.4) is 0 Å². The molecular weight excluding hydrogens is 285 g/mol. The summed E-state index contributed by atoms with van der Waals surface area (Å²) < 4.78 is 42.0. The Morgan fingerprint density at radius 1 is 1.29 bits per heavy atom. The molecule has 0 unspecified atom stereocenters. The van der Waals surface area contributed by atoms with Crippen LogP contribution < -0.4 is 5.32 Å². The van der Waals surface area contributed by atoms with Crippen LogP contribution in [0.25, 0.3) is 6.08 Å². The standard InChI is InChI=1S/C14H15F3N2O2/c15-14(16,17)12(20)21-13(5-9-19-10-6-13)4-1-11-2-7-18-8-3-11/h1-4,7-8,19H,5-6,9-10H2. The van der Waals surface area contributed by atoms with Crippen LogP contribution in [0, 0.1) is 0 Å². The number of rotatable bonds is 3.